The minimum Gasteiger partial charge on any atom is -0.508 e. The zero-order valence-electron chi connectivity index (χ0n) is 15.8. The number of hydrogen-bond donors (Lipinski definition) is 5. The molecule has 0 amide bonds. The van der Waals surface area contributed by atoms with Crippen LogP contribution in [0.3, 0.4) is 0 Å². The molecule has 0 aliphatic rings. The van der Waals surface area contributed by atoms with E-state index >= 15 is 0 Å². The zero-order valence-corrected chi connectivity index (χ0v) is 16.6. The number of benzene rings is 3. The second kappa shape index (κ2) is 7.61. The maximum Gasteiger partial charge on any atom is 0.336 e. The molecule has 0 heterocycles. The fourth-order valence-electron chi connectivity index (χ4n) is 3.03. The number of carbonyl (C=O) groups is 3. The van der Waals surface area contributed by atoms with Gasteiger partial charge in [0.15, 0.2) is 0 Å². The molecule has 0 aliphatic carbocycles. The van der Waals surface area contributed by atoms with Gasteiger partial charge in [-0.05, 0) is 59.7 Å². The molecule has 0 saturated carbocycles. The van der Waals surface area contributed by atoms with Gasteiger partial charge in [-0.15, -0.1) is 0 Å². The summed E-state index contributed by atoms with van der Waals surface area (Å²) in [5.74, 6) is -4.53. The number of rotatable bonds is 6. The van der Waals surface area contributed by atoms with Crippen molar-refractivity contribution >= 4 is 44.4 Å². The van der Waals surface area contributed by atoms with E-state index < -0.39 is 39.1 Å². The monoisotopic (exact) mass is 445 g/mol. The number of nitrogens with one attached hydrogen (secondary N) is 1. The zero-order chi connectivity index (χ0) is 23.1. The number of fused-ring (bicyclic) bond motifs is 1. The number of carboxylic acids is 3. The van der Waals surface area contributed by atoms with Crippen molar-refractivity contribution in [3.63, 3.8) is 0 Å². The molecular formula is C20H15NO9S. The largest absolute Gasteiger partial charge is 0.508 e. The van der Waals surface area contributed by atoms with Crippen molar-refractivity contribution in [2.75, 3.05) is 4.72 Å². The molecule has 11 heteroatoms. The van der Waals surface area contributed by atoms with Gasteiger partial charge in [0.05, 0.1) is 27.3 Å². The lowest BCUT2D eigenvalue weighted by Gasteiger charge is -2.13. The van der Waals surface area contributed by atoms with E-state index in [0.29, 0.717) is 10.9 Å². The SMILES string of the molecule is Cc1c(O)cc(C(=O)O)c2cc(S(=O)(=O)Nc3cc(C(=O)O)cc(C(=O)O)c3)ccc12. The Morgan fingerprint density at radius 2 is 1.39 bits per heavy atom. The molecule has 3 aromatic carbocycles. The van der Waals surface area contributed by atoms with Gasteiger partial charge in [0.25, 0.3) is 10.0 Å². The lowest BCUT2D eigenvalue weighted by molar-refractivity contribution is 0.0683. The lowest BCUT2D eigenvalue weighted by atomic mass is 9.99. The first-order chi connectivity index (χ1) is 14.4. The number of anilines is 1. The molecule has 0 aliphatic heterocycles. The summed E-state index contributed by atoms with van der Waals surface area (Å²) in [7, 11) is -4.35. The van der Waals surface area contributed by atoms with E-state index in [0.717, 1.165) is 30.3 Å². The highest BCUT2D eigenvalue weighted by Gasteiger charge is 2.21. The summed E-state index contributed by atoms with van der Waals surface area (Å²) in [6.45, 7) is 1.54. The highest BCUT2D eigenvalue weighted by atomic mass is 32.2. The number of carboxylic acid groups (broad SMARTS) is 3. The fraction of sp³-hybridized carbons (Fsp3) is 0.0500. The molecule has 0 aromatic heterocycles. The molecule has 0 radical (unpaired) electrons. The molecule has 10 nitrogen and oxygen atoms in total. The predicted molar refractivity (Wildman–Crippen MR) is 108 cm³/mol. The Morgan fingerprint density at radius 1 is 0.806 bits per heavy atom. The van der Waals surface area contributed by atoms with Crippen LogP contribution in [0.15, 0.2) is 47.4 Å². The van der Waals surface area contributed by atoms with E-state index in [4.69, 9.17) is 10.2 Å². The molecule has 0 atom stereocenters. The van der Waals surface area contributed by atoms with Gasteiger partial charge in [-0.2, -0.15) is 0 Å². The second-order valence-corrected chi connectivity index (χ2v) is 8.28. The summed E-state index contributed by atoms with van der Waals surface area (Å²) in [6, 6.07) is 7.43. The summed E-state index contributed by atoms with van der Waals surface area (Å²) in [6.07, 6.45) is 0. The van der Waals surface area contributed by atoms with Crippen LogP contribution in [0.1, 0.15) is 36.6 Å². The van der Waals surface area contributed by atoms with Gasteiger partial charge in [-0.25, -0.2) is 22.8 Å². The topological polar surface area (TPSA) is 178 Å². The van der Waals surface area contributed by atoms with Gasteiger partial charge in [-0.3, -0.25) is 4.72 Å². The number of aryl methyl sites for hydroxylation is 1. The summed E-state index contributed by atoms with van der Waals surface area (Å²) >= 11 is 0. The number of aromatic carboxylic acids is 3. The third-order valence-corrected chi connectivity index (χ3v) is 5.95. The minimum absolute atomic E-state index is 0.0659. The Bertz CT molecular complexity index is 1340. The fourth-order valence-corrected chi connectivity index (χ4v) is 4.09. The molecule has 31 heavy (non-hydrogen) atoms. The predicted octanol–water partition coefficient (Wildman–Crippen LogP) is 2.75. The molecule has 0 unspecified atom stereocenters. The first kappa shape index (κ1) is 21.6. The molecule has 0 spiro atoms. The van der Waals surface area contributed by atoms with Crippen molar-refractivity contribution in [2.45, 2.75) is 11.8 Å². The van der Waals surface area contributed by atoms with Gasteiger partial charge in [0.1, 0.15) is 5.75 Å². The normalized spacial score (nSPS) is 11.3. The van der Waals surface area contributed by atoms with Crippen LogP contribution in [0.4, 0.5) is 5.69 Å². The van der Waals surface area contributed by atoms with E-state index in [1.807, 2.05) is 0 Å². The van der Waals surface area contributed by atoms with Crippen LogP contribution in [-0.2, 0) is 10.0 Å². The van der Waals surface area contributed by atoms with E-state index in [-0.39, 0.29) is 27.3 Å². The average molecular weight is 445 g/mol. The Morgan fingerprint density at radius 3 is 1.90 bits per heavy atom. The highest BCUT2D eigenvalue weighted by Crippen LogP contribution is 2.32. The van der Waals surface area contributed by atoms with E-state index in [9.17, 15) is 33.0 Å². The highest BCUT2D eigenvalue weighted by molar-refractivity contribution is 7.92. The number of phenols is 1. The van der Waals surface area contributed by atoms with Gasteiger partial charge in [0, 0.05) is 0 Å². The van der Waals surface area contributed by atoms with Crippen LogP contribution in [0.5, 0.6) is 5.75 Å². The van der Waals surface area contributed by atoms with Crippen molar-refractivity contribution in [1.29, 1.82) is 0 Å². The van der Waals surface area contributed by atoms with E-state index in [2.05, 4.69) is 4.72 Å². The van der Waals surface area contributed by atoms with E-state index in [1.54, 1.807) is 6.92 Å². The van der Waals surface area contributed by atoms with Crippen LogP contribution in [0.25, 0.3) is 10.8 Å². The standard InChI is InChI=1S/C20H15NO9S/c1-9-14-3-2-13(7-15(14)16(20(27)28)8-17(9)22)31(29,30)21-12-5-10(18(23)24)4-11(6-12)19(25)26/h2-8,21-22H,1H3,(H,23,24)(H,25,26)(H,27,28). The Balaban J connectivity index is 2.14. The Hall–Kier alpha value is -4.12. The third kappa shape index (κ3) is 4.12. The molecule has 3 rings (SSSR count). The molecule has 5 N–H and O–H groups in total. The quantitative estimate of drug-likeness (QED) is 0.381. The summed E-state index contributed by atoms with van der Waals surface area (Å²) in [4.78, 5) is 33.7. The number of aromatic hydroxyl groups is 1. The summed E-state index contributed by atoms with van der Waals surface area (Å²) in [5, 5.41) is 38.0. The van der Waals surface area contributed by atoms with Crippen LogP contribution < -0.4 is 4.72 Å². The second-order valence-electron chi connectivity index (χ2n) is 6.60. The van der Waals surface area contributed by atoms with Gasteiger partial charge < -0.3 is 20.4 Å². The average Bonchev–Trinajstić information content (AvgIpc) is 2.69. The van der Waals surface area contributed by atoms with Gasteiger partial charge in [0.2, 0.25) is 0 Å². The smallest absolute Gasteiger partial charge is 0.336 e. The maximum atomic E-state index is 12.8. The number of phenolic OH excluding ortho intramolecular Hbond substituents is 1. The summed E-state index contributed by atoms with van der Waals surface area (Å²) in [5.41, 5.74) is -1.11. The van der Waals surface area contributed by atoms with Crippen molar-refractivity contribution in [1.82, 2.24) is 0 Å². The Labute approximate surface area is 175 Å². The van der Waals surface area contributed by atoms with Crippen LogP contribution in [0, 0.1) is 6.92 Å². The number of hydrogen-bond acceptors (Lipinski definition) is 6. The molecular weight excluding hydrogens is 430 g/mol. The van der Waals surface area contributed by atoms with E-state index in [1.165, 1.54) is 12.1 Å². The van der Waals surface area contributed by atoms with Crippen molar-refractivity contribution in [2.24, 2.45) is 0 Å². The number of sulfonamides is 1. The van der Waals surface area contributed by atoms with Crippen molar-refractivity contribution < 1.29 is 43.2 Å². The lowest BCUT2D eigenvalue weighted by Crippen LogP contribution is -2.14. The molecule has 0 fully saturated rings. The van der Waals surface area contributed by atoms with Crippen LogP contribution in [-0.4, -0.2) is 46.8 Å². The maximum absolute atomic E-state index is 12.8. The first-order valence-corrected chi connectivity index (χ1v) is 10.0. The van der Waals surface area contributed by atoms with Crippen LogP contribution in [0.2, 0.25) is 0 Å². The Kier molecular flexibility index (Phi) is 5.30. The van der Waals surface area contributed by atoms with Crippen molar-refractivity contribution in [3.05, 3.63) is 64.7 Å². The first-order valence-electron chi connectivity index (χ1n) is 8.55. The van der Waals surface area contributed by atoms with Crippen molar-refractivity contribution in [3.8, 4) is 5.75 Å². The van der Waals surface area contributed by atoms with Gasteiger partial charge >= 0.3 is 17.9 Å². The molecule has 3 aromatic rings. The molecule has 160 valence electrons. The third-order valence-electron chi connectivity index (χ3n) is 4.57. The molecule has 0 bridgehead atoms. The van der Waals surface area contributed by atoms with Gasteiger partial charge in [-0.1, -0.05) is 6.07 Å². The minimum atomic E-state index is -4.35. The molecule has 0 saturated heterocycles. The van der Waals surface area contributed by atoms with Crippen LogP contribution >= 0.6 is 0 Å². The summed E-state index contributed by atoms with van der Waals surface area (Å²) < 4.78 is 27.8.